The molecule has 1 aliphatic rings. The van der Waals surface area contributed by atoms with E-state index in [1.54, 1.807) is 0 Å². The van der Waals surface area contributed by atoms with E-state index in [1.807, 2.05) is 19.0 Å². The van der Waals surface area contributed by atoms with Crippen LogP contribution in [0.15, 0.2) is 18.2 Å². The zero-order valence-electron chi connectivity index (χ0n) is 13.6. The zero-order valence-corrected chi connectivity index (χ0v) is 15.2. The second-order valence-electron chi connectivity index (χ2n) is 5.80. The Morgan fingerprint density at radius 1 is 1.38 bits per heavy atom. The Morgan fingerprint density at radius 2 is 2.08 bits per heavy atom. The zero-order chi connectivity index (χ0) is 17.9. The van der Waals surface area contributed by atoms with Crippen molar-refractivity contribution in [1.29, 1.82) is 0 Å². The average molecular weight is 374 g/mol. The lowest BCUT2D eigenvalue weighted by Crippen LogP contribution is -2.30. The van der Waals surface area contributed by atoms with E-state index in [9.17, 15) is 18.0 Å². The van der Waals surface area contributed by atoms with Crippen LogP contribution in [0.4, 0.5) is 5.69 Å². The van der Waals surface area contributed by atoms with Crippen LogP contribution in [0.1, 0.15) is 23.2 Å². The molecule has 0 saturated carbocycles. The Balaban J connectivity index is 2.10. The second kappa shape index (κ2) is 7.50. The summed E-state index contributed by atoms with van der Waals surface area (Å²) in [6.07, 6.45) is 0.753. The number of sulfonamides is 1. The van der Waals surface area contributed by atoms with E-state index < -0.39 is 15.9 Å². The quantitative estimate of drug-likeness (QED) is 0.754. The van der Waals surface area contributed by atoms with E-state index in [4.69, 9.17) is 11.6 Å². The van der Waals surface area contributed by atoms with Gasteiger partial charge in [0.25, 0.3) is 5.91 Å². The van der Waals surface area contributed by atoms with E-state index in [-0.39, 0.29) is 34.4 Å². The topological polar surface area (TPSA) is 86.8 Å². The summed E-state index contributed by atoms with van der Waals surface area (Å²) in [5.74, 6) is -1.04. The highest BCUT2D eigenvalue weighted by molar-refractivity contribution is 7.94. The fraction of sp³-hybridized carbons (Fsp3) is 0.467. The van der Waals surface area contributed by atoms with Gasteiger partial charge in [-0.3, -0.25) is 9.59 Å². The molecule has 132 valence electrons. The summed E-state index contributed by atoms with van der Waals surface area (Å²) < 4.78 is 24.6. The van der Waals surface area contributed by atoms with Crippen molar-refractivity contribution in [2.45, 2.75) is 12.8 Å². The second-order valence-corrected chi connectivity index (χ2v) is 8.15. The van der Waals surface area contributed by atoms with Crippen molar-refractivity contribution >= 4 is 39.1 Å². The molecule has 7 nitrogen and oxygen atoms in total. The molecule has 1 saturated heterocycles. The van der Waals surface area contributed by atoms with Crippen LogP contribution in [0.2, 0.25) is 5.02 Å². The number of nitrogens with zero attached hydrogens (tertiary/aromatic N) is 2. The first-order chi connectivity index (χ1) is 11.2. The van der Waals surface area contributed by atoms with Crippen molar-refractivity contribution in [1.82, 2.24) is 10.2 Å². The van der Waals surface area contributed by atoms with E-state index in [0.29, 0.717) is 6.54 Å². The molecule has 9 heteroatoms. The lowest BCUT2D eigenvalue weighted by atomic mass is 10.2. The normalized spacial score (nSPS) is 16.7. The van der Waals surface area contributed by atoms with Gasteiger partial charge in [0.15, 0.2) is 0 Å². The maximum absolute atomic E-state index is 12.1. The van der Waals surface area contributed by atoms with Crippen LogP contribution in [0.5, 0.6) is 0 Å². The maximum Gasteiger partial charge on any atom is 0.252 e. The number of benzene rings is 1. The number of rotatable bonds is 6. The summed E-state index contributed by atoms with van der Waals surface area (Å²) in [6, 6.07) is 4.18. The molecule has 1 fully saturated rings. The molecule has 1 aromatic carbocycles. The molecule has 24 heavy (non-hydrogen) atoms. The predicted octanol–water partition coefficient (Wildman–Crippen LogP) is 1.09. The third-order valence-electron chi connectivity index (χ3n) is 3.58. The molecule has 1 aliphatic heterocycles. The summed E-state index contributed by atoms with van der Waals surface area (Å²) in [5.41, 5.74) is 0.404. The monoisotopic (exact) mass is 373 g/mol. The molecule has 0 radical (unpaired) electrons. The van der Waals surface area contributed by atoms with Gasteiger partial charge in [0.1, 0.15) is 0 Å². The first-order valence-corrected chi connectivity index (χ1v) is 9.49. The first-order valence-electron chi connectivity index (χ1n) is 7.50. The molecule has 0 aliphatic carbocycles. The lowest BCUT2D eigenvalue weighted by Gasteiger charge is -2.16. The largest absolute Gasteiger partial charge is 0.352 e. The Kier molecular flexibility index (Phi) is 5.84. The molecular formula is C15H20ClN3O4S. The van der Waals surface area contributed by atoms with Crippen molar-refractivity contribution in [3.8, 4) is 0 Å². The van der Waals surface area contributed by atoms with Crippen LogP contribution in [0.3, 0.4) is 0 Å². The Labute approximate surface area is 146 Å². The molecule has 0 bridgehead atoms. The van der Waals surface area contributed by atoms with Gasteiger partial charge in [-0.2, -0.15) is 0 Å². The first kappa shape index (κ1) is 18.7. The van der Waals surface area contributed by atoms with E-state index in [1.165, 1.54) is 18.2 Å². The van der Waals surface area contributed by atoms with Crippen molar-refractivity contribution in [3.63, 3.8) is 0 Å². The minimum atomic E-state index is -3.64. The lowest BCUT2D eigenvalue weighted by molar-refractivity contribution is -0.116. The number of hydrogen-bond donors (Lipinski definition) is 1. The van der Waals surface area contributed by atoms with Gasteiger partial charge in [0, 0.05) is 13.0 Å². The number of carbonyl (C=O) groups is 2. The van der Waals surface area contributed by atoms with Gasteiger partial charge in [0.05, 0.1) is 22.0 Å². The number of nitrogens with one attached hydrogen (secondary N) is 1. The van der Waals surface area contributed by atoms with Crippen LogP contribution >= 0.6 is 11.6 Å². The molecule has 0 atom stereocenters. The minimum Gasteiger partial charge on any atom is -0.352 e. The smallest absolute Gasteiger partial charge is 0.252 e. The van der Waals surface area contributed by atoms with Crippen LogP contribution in [0.25, 0.3) is 0 Å². The Bertz CT molecular complexity index is 749. The molecule has 1 aromatic rings. The predicted molar refractivity (Wildman–Crippen MR) is 92.8 cm³/mol. The average Bonchev–Trinajstić information content (AvgIpc) is 2.76. The van der Waals surface area contributed by atoms with Crippen molar-refractivity contribution in [2.24, 2.45) is 0 Å². The number of carbonyl (C=O) groups excluding carboxylic acids is 2. The summed E-state index contributed by atoms with van der Waals surface area (Å²) >= 11 is 6.10. The van der Waals surface area contributed by atoms with Gasteiger partial charge in [-0.1, -0.05) is 11.6 Å². The summed E-state index contributed by atoms with van der Waals surface area (Å²) in [4.78, 5) is 25.9. The molecule has 2 rings (SSSR count). The van der Waals surface area contributed by atoms with Crippen molar-refractivity contribution in [3.05, 3.63) is 28.8 Å². The molecule has 1 heterocycles. The molecule has 2 amide bonds. The summed E-state index contributed by atoms with van der Waals surface area (Å²) in [5, 5.41) is 2.86. The van der Waals surface area contributed by atoms with E-state index >= 15 is 0 Å². The summed E-state index contributed by atoms with van der Waals surface area (Å²) in [6.45, 7) is 1.36. The number of halogens is 1. The molecule has 0 aromatic heterocycles. The van der Waals surface area contributed by atoms with Crippen LogP contribution in [-0.2, 0) is 14.8 Å². The van der Waals surface area contributed by atoms with Gasteiger partial charge in [-0.25, -0.2) is 12.7 Å². The molecule has 0 spiro atoms. The van der Waals surface area contributed by atoms with Gasteiger partial charge >= 0.3 is 0 Å². The van der Waals surface area contributed by atoms with Gasteiger partial charge in [-0.15, -0.1) is 0 Å². The standard InChI is InChI=1S/C15H20ClN3O4S/c1-18(2)8-3-7-17-15(21)12-5-4-11(10-13(12)16)19-14(20)6-9-24(19,22)23/h4-5,10H,3,6-9H2,1-2H3,(H,17,21). The highest BCUT2D eigenvalue weighted by Gasteiger charge is 2.36. The SMILES string of the molecule is CN(C)CCCNC(=O)c1ccc(N2C(=O)CCS2(=O)=O)cc1Cl. The molecular weight excluding hydrogens is 354 g/mol. The highest BCUT2D eigenvalue weighted by atomic mass is 35.5. The minimum absolute atomic E-state index is 0.0476. The fourth-order valence-corrected chi connectivity index (χ4v) is 4.09. The maximum atomic E-state index is 12.1. The summed E-state index contributed by atoms with van der Waals surface area (Å²) in [7, 11) is 0.254. The van der Waals surface area contributed by atoms with Gasteiger partial charge in [-0.05, 0) is 45.3 Å². The number of hydrogen-bond acceptors (Lipinski definition) is 5. The van der Waals surface area contributed by atoms with Crippen LogP contribution in [-0.4, -0.2) is 58.1 Å². The molecule has 0 unspecified atom stereocenters. The third kappa shape index (κ3) is 4.25. The van der Waals surface area contributed by atoms with E-state index in [2.05, 4.69) is 5.32 Å². The Hall–Kier alpha value is -1.64. The van der Waals surface area contributed by atoms with Crippen molar-refractivity contribution < 1.29 is 18.0 Å². The third-order valence-corrected chi connectivity index (χ3v) is 5.58. The van der Waals surface area contributed by atoms with Crippen LogP contribution in [0, 0.1) is 0 Å². The van der Waals surface area contributed by atoms with Gasteiger partial charge in [0.2, 0.25) is 15.9 Å². The Morgan fingerprint density at radius 3 is 2.62 bits per heavy atom. The fourth-order valence-electron chi connectivity index (χ4n) is 2.38. The molecule has 1 N–H and O–H groups in total. The number of anilines is 1. The van der Waals surface area contributed by atoms with Crippen molar-refractivity contribution in [2.75, 3.05) is 37.2 Å². The van der Waals surface area contributed by atoms with Crippen LogP contribution < -0.4 is 9.62 Å². The van der Waals surface area contributed by atoms with E-state index in [0.717, 1.165) is 17.3 Å². The van der Waals surface area contributed by atoms with Gasteiger partial charge < -0.3 is 10.2 Å². The highest BCUT2D eigenvalue weighted by Crippen LogP contribution is 2.29. The number of amides is 2.